The summed E-state index contributed by atoms with van der Waals surface area (Å²) in [5.41, 5.74) is 7.94. The lowest BCUT2D eigenvalue weighted by Gasteiger charge is -2.03. The smallest absolute Gasteiger partial charge is 0.111 e. The molecule has 2 rings (SSSR count). The van der Waals surface area contributed by atoms with Gasteiger partial charge in [-0.25, -0.2) is 4.98 Å². The third-order valence-corrected chi connectivity index (χ3v) is 1.97. The number of hydrogen-bond acceptors (Lipinski definition) is 3. The zero-order valence-electron chi connectivity index (χ0n) is 7.51. The minimum absolute atomic E-state index is 0.480. The molecule has 1 aromatic heterocycles. The first kappa shape index (κ1) is 8.67. The van der Waals surface area contributed by atoms with Crippen LogP contribution in [0.4, 0.5) is 0 Å². The number of para-hydroxylation sites is 2. The highest BCUT2D eigenvalue weighted by molar-refractivity contribution is 5.73. The van der Waals surface area contributed by atoms with E-state index in [-0.39, 0.29) is 0 Å². The Morgan fingerprint density at radius 1 is 1.29 bits per heavy atom. The number of benzene rings is 1. The third kappa shape index (κ3) is 1.43. The molecule has 1 aromatic carbocycles. The second-order valence-corrected chi connectivity index (χ2v) is 2.93. The maximum atomic E-state index is 5.65. The van der Waals surface area contributed by atoms with Crippen molar-refractivity contribution in [2.75, 3.05) is 0 Å². The van der Waals surface area contributed by atoms with E-state index in [0.29, 0.717) is 5.69 Å². The van der Waals surface area contributed by atoms with Crippen LogP contribution in [0.3, 0.4) is 0 Å². The minimum atomic E-state index is -0.480. The molecule has 0 radical (unpaired) electrons. The van der Waals surface area contributed by atoms with Gasteiger partial charge in [0.2, 0.25) is 0 Å². The average Bonchev–Trinajstić information content (AvgIpc) is 2.27. The van der Waals surface area contributed by atoms with Crippen molar-refractivity contribution in [1.82, 2.24) is 9.97 Å². The highest BCUT2D eigenvalue weighted by Gasteiger charge is 2.04. The second kappa shape index (κ2) is 3.44. The molecule has 0 aliphatic carbocycles. The normalized spacial score (nSPS) is 12.3. The van der Waals surface area contributed by atoms with Gasteiger partial charge >= 0.3 is 0 Å². The van der Waals surface area contributed by atoms with E-state index in [2.05, 4.69) is 15.9 Å². The standard InChI is InChI=1S/C11H9N3/c1-2-8(12)11-7-13-9-5-3-4-6-10(9)14-11/h1,3-8H,12H2. The molecule has 0 saturated heterocycles. The van der Waals surface area contributed by atoms with Crippen molar-refractivity contribution in [2.45, 2.75) is 6.04 Å². The van der Waals surface area contributed by atoms with Crippen LogP contribution in [0.25, 0.3) is 11.0 Å². The number of nitrogens with two attached hydrogens (primary N) is 1. The van der Waals surface area contributed by atoms with Crippen LogP contribution >= 0.6 is 0 Å². The SMILES string of the molecule is C#CC(N)c1cnc2ccccc2n1. The minimum Gasteiger partial charge on any atom is -0.313 e. The Morgan fingerprint density at radius 3 is 2.71 bits per heavy atom. The van der Waals surface area contributed by atoms with Gasteiger partial charge in [0.25, 0.3) is 0 Å². The van der Waals surface area contributed by atoms with Crippen LogP contribution in [0.2, 0.25) is 0 Å². The number of nitrogens with zero attached hydrogens (tertiary/aromatic N) is 2. The molecule has 3 nitrogen and oxygen atoms in total. The Morgan fingerprint density at radius 2 is 2.00 bits per heavy atom. The van der Waals surface area contributed by atoms with Gasteiger partial charge in [0.15, 0.2) is 0 Å². The predicted octanol–water partition coefficient (Wildman–Crippen LogP) is 1.26. The lowest BCUT2D eigenvalue weighted by Crippen LogP contribution is -2.09. The van der Waals surface area contributed by atoms with Crippen LogP contribution in [0, 0.1) is 12.3 Å². The van der Waals surface area contributed by atoms with Crippen LogP contribution < -0.4 is 5.73 Å². The van der Waals surface area contributed by atoms with Gasteiger partial charge in [-0.3, -0.25) is 4.98 Å². The molecule has 1 atom stereocenters. The van der Waals surface area contributed by atoms with E-state index in [1.165, 1.54) is 0 Å². The van der Waals surface area contributed by atoms with Crippen molar-refractivity contribution in [1.29, 1.82) is 0 Å². The Bertz CT molecular complexity index is 499. The van der Waals surface area contributed by atoms with Crippen molar-refractivity contribution >= 4 is 11.0 Å². The molecule has 0 fully saturated rings. The number of hydrogen-bond donors (Lipinski definition) is 1. The average molecular weight is 183 g/mol. The fourth-order valence-electron chi connectivity index (χ4n) is 1.21. The monoisotopic (exact) mass is 183 g/mol. The van der Waals surface area contributed by atoms with Crippen LogP contribution in [-0.4, -0.2) is 9.97 Å². The van der Waals surface area contributed by atoms with Gasteiger partial charge in [-0.15, -0.1) is 6.42 Å². The number of aromatic nitrogens is 2. The van der Waals surface area contributed by atoms with Gasteiger partial charge in [0.1, 0.15) is 6.04 Å². The Kier molecular flexibility index (Phi) is 2.13. The van der Waals surface area contributed by atoms with Gasteiger partial charge in [-0.2, -0.15) is 0 Å². The van der Waals surface area contributed by atoms with E-state index in [4.69, 9.17) is 12.2 Å². The van der Waals surface area contributed by atoms with E-state index in [1.54, 1.807) is 6.20 Å². The maximum Gasteiger partial charge on any atom is 0.111 e. The van der Waals surface area contributed by atoms with E-state index in [9.17, 15) is 0 Å². The maximum absolute atomic E-state index is 5.65. The van der Waals surface area contributed by atoms with Crippen molar-refractivity contribution in [2.24, 2.45) is 5.73 Å². The van der Waals surface area contributed by atoms with Crippen LogP contribution in [0.5, 0.6) is 0 Å². The van der Waals surface area contributed by atoms with Crippen molar-refractivity contribution in [3.05, 3.63) is 36.2 Å². The molecular formula is C11H9N3. The third-order valence-electron chi connectivity index (χ3n) is 1.97. The van der Waals surface area contributed by atoms with E-state index in [1.807, 2.05) is 24.3 Å². The molecule has 0 saturated carbocycles. The fourth-order valence-corrected chi connectivity index (χ4v) is 1.21. The molecule has 0 aliphatic heterocycles. The quantitative estimate of drug-likeness (QED) is 0.677. The Hall–Kier alpha value is -1.92. The summed E-state index contributed by atoms with van der Waals surface area (Å²) in [7, 11) is 0. The molecule has 1 heterocycles. The largest absolute Gasteiger partial charge is 0.313 e. The van der Waals surface area contributed by atoms with Crippen molar-refractivity contribution in [3.8, 4) is 12.3 Å². The summed E-state index contributed by atoms with van der Waals surface area (Å²) in [4.78, 5) is 8.53. The number of terminal acetylenes is 1. The molecule has 0 bridgehead atoms. The molecule has 2 N–H and O–H groups in total. The highest BCUT2D eigenvalue weighted by atomic mass is 14.8. The Balaban J connectivity index is 2.58. The molecule has 68 valence electrons. The van der Waals surface area contributed by atoms with Gasteiger partial charge < -0.3 is 5.73 Å². The molecule has 14 heavy (non-hydrogen) atoms. The van der Waals surface area contributed by atoms with E-state index < -0.39 is 6.04 Å². The first-order chi connectivity index (χ1) is 6.81. The molecule has 0 amide bonds. The van der Waals surface area contributed by atoms with Gasteiger partial charge in [0.05, 0.1) is 22.9 Å². The molecule has 0 aliphatic rings. The topological polar surface area (TPSA) is 51.8 Å². The summed E-state index contributed by atoms with van der Waals surface area (Å²) in [6.45, 7) is 0. The summed E-state index contributed by atoms with van der Waals surface area (Å²) in [6, 6.07) is 7.12. The summed E-state index contributed by atoms with van der Waals surface area (Å²) in [6.07, 6.45) is 6.82. The summed E-state index contributed by atoms with van der Waals surface area (Å²) < 4.78 is 0. The molecular weight excluding hydrogens is 174 g/mol. The molecule has 3 heteroatoms. The zero-order valence-corrected chi connectivity index (χ0v) is 7.51. The van der Waals surface area contributed by atoms with Crippen LogP contribution in [0.1, 0.15) is 11.7 Å². The molecule has 0 spiro atoms. The first-order valence-corrected chi connectivity index (χ1v) is 4.24. The van der Waals surface area contributed by atoms with E-state index >= 15 is 0 Å². The highest BCUT2D eigenvalue weighted by Crippen LogP contribution is 2.11. The van der Waals surface area contributed by atoms with Gasteiger partial charge in [-0.05, 0) is 12.1 Å². The number of fused-ring (bicyclic) bond motifs is 1. The zero-order chi connectivity index (χ0) is 9.97. The predicted molar refractivity (Wildman–Crippen MR) is 55.3 cm³/mol. The lowest BCUT2D eigenvalue weighted by atomic mass is 10.2. The Labute approximate surface area is 82.0 Å². The summed E-state index contributed by atoms with van der Waals surface area (Å²) in [5.74, 6) is 2.42. The molecule has 2 aromatic rings. The van der Waals surface area contributed by atoms with Crippen molar-refractivity contribution < 1.29 is 0 Å². The van der Waals surface area contributed by atoms with E-state index in [0.717, 1.165) is 11.0 Å². The van der Waals surface area contributed by atoms with Crippen LogP contribution in [0.15, 0.2) is 30.5 Å². The number of rotatable bonds is 1. The van der Waals surface area contributed by atoms with Crippen molar-refractivity contribution in [3.63, 3.8) is 0 Å². The summed E-state index contributed by atoms with van der Waals surface area (Å²) in [5, 5.41) is 0. The van der Waals surface area contributed by atoms with Crippen LogP contribution in [-0.2, 0) is 0 Å². The second-order valence-electron chi connectivity index (χ2n) is 2.93. The lowest BCUT2D eigenvalue weighted by molar-refractivity contribution is 0.889. The summed E-state index contributed by atoms with van der Waals surface area (Å²) >= 11 is 0. The van der Waals surface area contributed by atoms with Gasteiger partial charge in [-0.1, -0.05) is 18.1 Å². The fraction of sp³-hybridized carbons (Fsp3) is 0.0909. The van der Waals surface area contributed by atoms with Gasteiger partial charge in [0, 0.05) is 0 Å². The molecule has 1 unspecified atom stereocenters. The first-order valence-electron chi connectivity index (χ1n) is 4.24.